The van der Waals surface area contributed by atoms with Crippen molar-refractivity contribution < 1.29 is 8.42 Å². The lowest BCUT2D eigenvalue weighted by molar-refractivity contribution is 0.563. The SMILES string of the molecule is CC(C)(C#N)S(=O)(=O)NCC#N. The molecule has 0 bridgehead atoms. The summed E-state index contributed by atoms with van der Waals surface area (Å²) in [6, 6.07) is 3.25. The molecule has 6 heteroatoms. The lowest BCUT2D eigenvalue weighted by Gasteiger charge is -2.14. The maximum Gasteiger partial charge on any atom is 0.231 e. The van der Waals surface area contributed by atoms with Gasteiger partial charge in [-0.3, -0.25) is 0 Å². The molecule has 0 heterocycles. The van der Waals surface area contributed by atoms with Crippen LogP contribution >= 0.6 is 0 Å². The van der Waals surface area contributed by atoms with Crippen molar-refractivity contribution >= 4 is 10.0 Å². The number of sulfonamides is 1. The van der Waals surface area contributed by atoms with Gasteiger partial charge in [-0.25, -0.2) is 8.42 Å². The van der Waals surface area contributed by atoms with Gasteiger partial charge in [0.1, 0.15) is 0 Å². The Bertz CT molecular complexity index is 331. The molecule has 0 saturated carbocycles. The number of hydrogen-bond donors (Lipinski definition) is 1. The number of nitrogens with zero attached hydrogens (tertiary/aromatic N) is 2. The molecule has 0 aromatic rings. The summed E-state index contributed by atoms with van der Waals surface area (Å²) in [4.78, 5) is 0. The number of rotatable bonds is 3. The molecule has 0 aliphatic carbocycles. The van der Waals surface area contributed by atoms with Gasteiger partial charge in [0.2, 0.25) is 10.0 Å². The van der Waals surface area contributed by atoms with Crippen molar-refractivity contribution in [2.75, 3.05) is 6.54 Å². The van der Waals surface area contributed by atoms with Crippen LogP contribution in [0.25, 0.3) is 0 Å². The highest BCUT2D eigenvalue weighted by Crippen LogP contribution is 2.12. The fraction of sp³-hybridized carbons (Fsp3) is 0.667. The first-order valence-electron chi connectivity index (χ1n) is 3.15. The first-order valence-corrected chi connectivity index (χ1v) is 4.63. The van der Waals surface area contributed by atoms with Crippen LogP contribution < -0.4 is 4.72 Å². The smallest absolute Gasteiger partial charge is 0.211 e. The van der Waals surface area contributed by atoms with Crippen LogP contribution in [0.1, 0.15) is 13.8 Å². The van der Waals surface area contributed by atoms with Crippen molar-refractivity contribution in [3.05, 3.63) is 0 Å². The molecular weight excluding hydrogens is 178 g/mol. The van der Waals surface area contributed by atoms with Crippen LogP contribution in [-0.4, -0.2) is 19.7 Å². The molecule has 0 spiro atoms. The summed E-state index contributed by atoms with van der Waals surface area (Å²) in [7, 11) is -3.71. The molecular formula is C6H9N3O2S. The van der Waals surface area contributed by atoms with Crippen LogP contribution in [0.2, 0.25) is 0 Å². The highest BCUT2D eigenvalue weighted by atomic mass is 32.2. The van der Waals surface area contributed by atoms with Crippen molar-refractivity contribution in [2.45, 2.75) is 18.6 Å². The Morgan fingerprint density at radius 1 is 1.42 bits per heavy atom. The van der Waals surface area contributed by atoms with Crippen molar-refractivity contribution in [1.29, 1.82) is 10.5 Å². The molecule has 5 nitrogen and oxygen atoms in total. The van der Waals surface area contributed by atoms with Gasteiger partial charge in [-0.2, -0.15) is 15.2 Å². The normalized spacial score (nSPS) is 11.7. The number of nitriles is 2. The molecule has 0 fully saturated rings. The van der Waals surface area contributed by atoms with Gasteiger partial charge in [0.05, 0.1) is 18.7 Å². The zero-order valence-electron chi connectivity index (χ0n) is 6.83. The molecule has 0 unspecified atom stereocenters. The van der Waals surface area contributed by atoms with E-state index in [1.807, 2.05) is 4.72 Å². The Kier molecular flexibility index (Phi) is 3.20. The van der Waals surface area contributed by atoms with Gasteiger partial charge < -0.3 is 0 Å². The van der Waals surface area contributed by atoms with E-state index in [0.717, 1.165) is 0 Å². The molecule has 0 aliphatic heterocycles. The van der Waals surface area contributed by atoms with Gasteiger partial charge >= 0.3 is 0 Å². The van der Waals surface area contributed by atoms with Crippen molar-refractivity contribution in [3.63, 3.8) is 0 Å². The van der Waals surface area contributed by atoms with Gasteiger partial charge in [-0.15, -0.1) is 0 Å². The Morgan fingerprint density at radius 2 is 1.92 bits per heavy atom. The Hall–Kier alpha value is -1.11. The first kappa shape index (κ1) is 10.9. The molecule has 66 valence electrons. The predicted octanol–water partition coefficient (Wildman–Crippen LogP) is -0.268. The van der Waals surface area contributed by atoms with Crippen molar-refractivity contribution in [2.24, 2.45) is 0 Å². The van der Waals surface area contributed by atoms with E-state index in [1.54, 1.807) is 12.1 Å². The summed E-state index contributed by atoms with van der Waals surface area (Å²) >= 11 is 0. The largest absolute Gasteiger partial charge is 0.231 e. The Balaban J connectivity index is 4.69. The zero-order chi connectivity index (χ0) is 9.83. The molecule has 0 amide bonds. The topological polar surface area (TPSA) is 93.8 Å². The molecule has 0 aromatic carbocycles. The molecule has 0 rings (SSSR count). The molecule has 0 aliphatic rings. The lowest BCUT2D eigenvalue weighted by atomic mass is 10.2. The summed E-state index contributed by atoms with van der Waals surface area (Å²) in [6.07, 6.45) is 0. The quantitative estimate of drug-likeness (QED) is 0.615. The fourth-order valence-electron chi connectivity index (χ4n) is 0.368. The molecule has 0 radical (unpaired) electrons. The van der Waals surface area contributed by atoms with E-state index in [2.05, 4.69) is 0 Å². The lowest BCUT2D eigenvalue weighted by Crippen LogP contribution is -2.40. The van der Waals surface area contributed by atoms with E-state index >= 15 is 0 Å². The number of nitrogens with one attached hydrogen (secondary N) is 1. The third-order valence-electron chi connectivity index (χ3n) is 1.28. The minimum absolute atomic E-state index is 0.312. The van der Waals surface area contributed by atoms with Gasteiger partial charge in [0.15, 0.2) is 4.75 Å². The molecule has 1 N–H and O–H groups in total. The van der Waals surface area contributed by atoms with Crippen LogP contribution in [0.3, 0.4) is 0 Å². The summed E-state index contributed by atoms with van der Waals surface area (Å²) < 4.78 is 22.8. The second kappa shape index (κ2) is 3.53. The van der Waals surface area contributed by atoms with E-state index in [4.69, 9.17) is 10.5 Å². The van der Waals surface area contributed by atoms with E-state index in [0.29, 0.717) is 0 Å². The average Bonchev–Trinajstić information content (AvgIpc) is 2.00. The molecule has 0 saturated heterocycles. The highest BCUT2D eigenvalue weighted by Gasteiger charge is 2.33. The van der Waals surface area contributed by atoms with Gasteiger partial charge in [-0.05, 0) is 13.8 Å². The number of hydrogen-bond acceptors (Lipinski definition) is 4. The third-order valence-corrected chi connectivity index (χ3v) is 3.24. The standard InChI is InChI=1S/C6H9N3O2S/c1-6(2,5-8)12(10,11)9-4-3-7/h9H,4H2,1-2H3. The van der Waals surface area contributed by atoms with E-state index in [1.165, 1.54) is 13.8 Å². The second-order valence-electron chi connectivity index (χ2n) is 2.60. The van der Waals surface area contributed by atoms with Crippen LogP contribution in [0.15, 0.2) is 0 Å². The molecule has 12 heavy (non-hydrogen) atoms. The van der Waals surface area contributed by atoms with Gasteiger partial charge in [-0.1, -0.05) is 0 Å². The van der Waals surface area contributed by atoms with Crippen molar-refractivity contribution in [1.82, 2.24) is 4.72 Å². The Morgan fingerprint density at radius 3 is 2.25 bits per heavy atom. The Labute approximate surface area is 71.7 Å². The predicted molar refractivity (Wildman–Crippen MR) is 42.2 cm³/mol. The van der Waals surface area contributed by atoms with E-state index < -0.39 is 14.8 Å². The second-order valence-corrected chi connectivity index (χ2v) is 4.92. The van der Waals surface area contributed by atoms with Gasteiger partial charge in [0.25, 0.3) is 0 Å². The van der Waals surface area contributed by atoms with E-state index in [9.17, 15) is 8.42 Å². The van der Waals surface area contributed by atoms with Gasteiger partial charge in [0, 0.05) is 0 Å². The van der Waals surface area contributed by atoms with Crippen LogP contribution in [0.5, 0.6) is 0 Å². The first-order chi connectivity index (χ1) is 5.37. The molecule has 0 atom stereocenters. The minimum atomic E-state index is -3.71. The zero-order valence-corrected chi connectivity index (χ0v) is 7.64. The minimum Gasteiger partial charge on any atom is -0.211 e. The molecule has 0 aromatic heterocycles. The van der Waals surface area contributed by atoms with Crippen LogP contribution in [0, 0.1) is 22.7 Å². The highest BCUT2D eigenvalue weighted by molar-refractivity contribution is 7.91. The summed E-state index contributed by atoms with van der Waals surface area (Å²) in [5.74, 6) is 0. The summed E-state index contributed by atoms with van der Waals surface area (Å²) in [5, 5.41) is 16.6. The summed E-state index contributed by atoms with van der Waals surface area (Å²) in [5.41, 5.74) is 0. The fourth-order valence-corrected chi connectivity index (χ4v) is 1.10. The average molecular weight is 187 g/mol. The maximum absolute atomic E-state index is 11.2. The maximum atomic E-state index is 11.2. The van der Waals surface area contributed by atoms with Crippen LogP contribution in [-0.2, 0) is 10.0 Å². The third kappa shape index (κ3) is 2.19. The monoisotopic (exact) mass is 187 g/mol. The summed E-state index contributed by atoms with van der Waals surface area (Å²) in [6.45, 7) is 2.23. The van der Waals surface area contributed by atoms with E-state index in [-0.39, 0.29) is 6.54 Å². The van der Waals surface area contributed by atoms with Crippen LogP contribution in [0.4, 0.5) is 0 Å². The van der Waals surface area contributed by atoms with Crippen molar-refractivity contribution in [3.8, 4) is 12.1 Å².